The molecular weight excluding hydrogens is 182 g/mol. The fourth-order valence-electron chi connectivity index (χ4n) is 1.67. The predicted octanol–water partition coefficient (Wildman–Crippen LogP) is 1.36. The zero-order valence-corrected chi connectivity index (χ0v) is 8.36. The molecule has 1 aliphatic heterocycles. The van der Waals surface area contributed by atoms with Gasteiger partial charge < -0.3 is 4.74 Å². The van der Waals surface area contributed by atoms with E-state index in [0.29, 0.717) is 19.4 Å². The van der Waals surface area contributed by atoms with E-state index in [1.807, 2.05) is 0 Å². The first kappa shape index (κ1) is 10.8. The average Bonchev–Trinajstić information content (AvgIpc) is 2.20. The van der Waals surface area contributed by atoms with Gasteiger partial charge in [-0.05, 0) is 12.8 Å². The van der Waals surface area contributed by atoms with Gasteiger partial charge in [0.25, 0.3) is 0 Å². The molecule has 1 fully saturated rings. The number of amides is 1. The molecular formula is C10H15NO3. The number of ketones is 1. The Kier molecular flexibility index (Phi) is 3.68. The number of likely N-dealkylation sites (tertiary alicyclic amines) is 1. The summed E-state index contributed by atoms with van der Waals surface area (Å²) in [5.41, 5.74) is 0. The van der Waals surface area contributed by atoms with Gasteiger partial charge in [0.2, 0.25) is 0 Å². The third-order valence-corrected chi connectivity index (χ3v) is 2.37. The molecule has 1 rings (SSSR count). The van der Waals surface area contributed by atoms with Crippen LogP contribution >= 0.6 is 0 Å². The Hall–Kier alpha value is -1.32. The normalized spacial score (nSPS) is 21.9. The number of carbonyl (C=O) groups excluding carboxylic acids is 2. The topological polar surface area (TPSA) is 46.6 Å². The van der Waals surface area contributed by atoms with Crippen LogP contribution in [-0.4, -0.2) is 36.5 Å². The van der Waals surface area contributed by atoms with Gasteiger partial charge >= 0.3 is 6.09 Å². The minimum Gasteiger partial charge on any atom is -0.453 e. The van der Waals surface area contributed by atoms with E-state index < -0.39 is 6.09 Å². The van der Waals surface area contributed by atoms with Crippen molar-refractivity contribution >= 4 is 11.9 Å². The number of hydrogen-bond donors (Lipinski definition) is 0. The van der Waals surface area contributed by atoms with E-state index in [1.54, 1.807) is 6.08 Å². The smallest absolute Gasteiger partial charge is 0.410 e. The molecule has 4 heteroatoms. The summed E-state index contributed by atoms with van der Waals surface area (Å²) in [5.74, 6) is 0.0987. The van der Waals surface area contributed by atoms with Crippen LogP contribution in [0, 0.1) is 0 Å². The maximum absolute atomic E-state index is 11.5. The van der Waals surface area contributed by atoms with Crippen LogP contribution < -0.4 is 0 Å². The van der Waals surface area contributed by atoms with Crippen LogP contribution in [0.15, 0.2) is 12.7 Å². The lowest BCUT2D eigenvalue weighted by Crippen LogP contribution is -2.48. The SMILES string of the molecule is C=CCC1C(=O)CCCN1C(=O)OC. The van der Waals surface area contributed by atoms with Gasteiger partial charge in [-0.3, -0.25) is 9.69 Å². The van der Waals surface area contributed by atoms with Crippen molar-refractivity contribution in [2.75, 3.05) is 13.7 Å². The number of Topliss-reactive ketones (excluding diaryl/α,β-unsaturated/α-hetero) is 1. The summed E-state index contributed by atoms with van der Waals surface area (Å²) in [6.45, 7) is 4.17. The zero-order chi connectivity index (χ0) is 10.6. The summed E-state index contributed by atoms with van der Waals surface area (Å²) >= 11 is 0. The third-order valence-electron chi connectivity index (χ3n) is 2.37. The van der Waals surface area contributed by atoms with Gasteiger partial charge in [-0.1, -0.05) is 6.08 Å². The molecule has 0 N–H and O–H groups in total. The van der Waals surface area contributed by atoms with Gasteiger partial charge in [0.05, 0.1) is 13.2 Å². The third kappa shape index (κ3) is 2.13. The minimum atomic E-state index is -0.426. The van der Waals surface area contributed by atoms with Gasteiger partial charge in [0, 0.05) is 13.0 Å². The summed E-state index contributed by atoms with van der Waals surface area (Å²) in [5, 5.41) is 0. The highest BCUT2D eigenvalue weighted by atomic mass is 16.5. The molecule has 0 saturated carbocycles. The van der Waals surface area contributed by atoms with Crippen molar-refractivity contribution in [2.45, 2.75) is 25.3 Å². The Morgan fingerprint density at radius 1 is 1.79 bits per heavy atom. The summed E-state index contributed by atoms with van der Waals surface area (Å²) in [6.07, 6.45) is 3.01. The van der Waals surface area contributed by atoms with Crippen LogP contribution in [0.4, 0.5) is 4.79 Å². The number of rotatable bonds is 2. The first-order valence-electron chi connectivity index (χ1n) is 4.69. The molecule has 0 aromatic carbocycles. The number of ether oxygens (including phenoxy) is 1. The maximum atomic E-state index is 11.5. The maximum Gasteiger partial charge on any atom is 0.410 e. The second kappa shape index (κ2) is 4.79. The molecule has 1 aliphatic rings. The lowest BCUT2D eigenvalue weighted by molar-refractivity contribution is -0.126. The van der Waals surface area contributed by atoms with Crippen LogP contribution in [0.3, 0.4) is 0 Å². The monoisotopic (exact) mass is 197 g/mol. The molecule has 1 heterocycles. The first-order chi connectivity index (χ1) is 6.70. The number of carbonyl (C=O) groups is 2. The molecule has 0 aromatic rings. The van der Waals surface area contributed by atoms with E-state index in [9.17, 15) is 9.59 Å². The number of hydrogen-bond acceptors (Lipinski definition) is 3. The molecule has 1 unspecified atom stereocenters. The molecule has 0 radical (unpaired) electrons. The van der Waals surface area contributed by atoms with Gasteiger partial charge in [-0.25, -0.2) is 4.79 Å². The molecule has 14 heavy (non-hydrogen) atoms. The Bertz CT molecular complexity index is 250. The highest BCUT2D eigenvalue weighted by Gasteiger charge is 2.32. The highest BCUT2D eigenvalue weighted by molar-refractivity contribution is 5.88. The van der Waals surface area contributed by atoms with Gasteiger partial charge in [-0.15, -0.1) is 6.58 Å². The standard InChI is InChI=1S/C10H15NO3/c1-3-5-8-9(12)6-4-7-11(8)10(13)14-2/h3,8H,1,4-7H2,2H3. The first-order valence-corrected chi connectivity index (χ1v) is 4.69. The fourth-order valence-corrected chi connectivity index (χ4v) is 1.67. The minimum absolute atomic E-state index is 0.0987. The number of piperidine rings is 1. The molecule has 0 spiro atoms. The predicted molar refractivity (Wildman–Crippen MR) is 52.0 cm³/mol. The lowest BCUT2D eigenvalue weighted by Gasteiger charge is -2.32. The van der Waals surface area contributed by atoms with Crippen molar-refractivity contribution in [1.82, 2.24) is 4.90 Å². The molecule has 0 bridgehead atoms. The molecule has 78 valence electrons. The van der Waals surface area contributed by atoms with Crippen molar-refractivity contribution in [1.29, 1.82) is 0 Å². The quantitative estimate of drug-likeness (QED) is 0.628. The number of methoxy groups -OCH3 is 1. The van der Waals surface area contributed by atoms with Crippen LogP contribution in [0.25, 0.3) is 0 Å². The van der Waals surface area contributed by atoms with E-state index in [1.165, 1.54) is 12.0 Å². The van der Waals surface area contributed by atoms with E-state index in [4.69, 9.17) is 0 Å². The molecule has 1 amide bonds. The summed E-state index contributed by atoms with van der Waals surface area (Å²) < 4.78 is 4.62. The molecule has 1 atom stereocenters. The Balaban J connectivity index is 2.73. The Labute approximate surface area is 83.5 Å². The Morgan fingerprint density at radius 3 is 3.07 bits per heavy atom. The van der Waals surface area contributed by atoms with Crippen molar-refractivity contribution in [3.8, 4) is 0 Å². The largest absolute Gasteiger partial charge is 0.453 e. The van der Waals surface area contributed by atoms with Crippen LogP contribution in [0.2, 0.25) is 0 Å². The molecule has 4 nitrogen and oxygen atoms in total. The van der Waals surface area contributed by atoms with Gasteiger partial charge in [0.15, 0.2) is 5.78 Å². The summed E-state index contributed by atoms with van der Waals surface area (Å²) in [7, 11) is 1.33. The van der Waals surface area contributed by atoms with Crippen molar-refractivity contribution in [3.63, 3.8) is 0 Å². The van der Waals surface area contributed by atoms with E-state index in [2.05, 4.69) is 11.3 Å². The summed E-state index contributed by atoms with van der Waals surface area (Å²) in [6, 6.07) is -0.367. The molecule has 0 aliphatic carbocycles. The van der Waals surface area contributed by atoms with Crippen molar-refractivity contribution in [3.05, 3.63) is 12.7 Å². The average molecular weight is 197 g/mol. The van der Waals surface area contributed by atoms with Gasteiger partial charge in [0.1, 0.15) is 0 Å². The van der Waals surface area contributed by atoms with Crippen LogP contribution in [0.1, 0.15) is 19.3 Å². The fraction of sp³-hybridized carbons (Fsp3) is 0.600. The summed E-state index contributed by atoms with van der Waals surface area (Å²) in [4.78, 5) is 24.3. The second-order valence-electron chi connectivity index (χ2n) is 3.27. The lowest BCUT2D eigenvalue weighted by atomic mass is 9.98. The second-order valence-corrected chi connectivity index (χ2v) is 3.27. The molecule has 0 aromatic heterocycles. The van der Waals surface area contributed by atoms with Crippen molar-refractivity contribution < 1.29 is 14.3 Å². The van der Waals surface area contributed by atoms with Crippen LogP contribution in [-0.2, 0) is 9.53 Å². The molecule has 1 saturated heterocycles. The van der Waals surface area contributed by atoms with Crippen molar-refractivity contribution in [2.24, 2.45) is 0 Å². The highest BCUT2D eigenvalue weighted by Crippen LogP contribution is 2.17. The van der Waals surface area contributed by atoms with E-state index >= 15 is 0 Å². The van der Waals surface area contributed by atoms with Crippen LogP contribution in [0.5, 0.6) is 0 Å². The van der Waals surface area contributed by atoms with Gasteiger partial charge in [-0.2, -0.15) is 0 Å². The van der Waals surface area contributed by atoms with E-state index in [0.717, 1.165) is 6.42 Å². The Morgan fingerprint density at radius 2 is 2.50 bits per heavy atom. The number of nitrogens with zero attached hydrogens (tertiary/aromatic N) is 1. The zero-order valence-electron chi connectivity index (χ0n) is 8.36. The van der Waals surface area contributed by atoms with E-state index in [-0.39, 0.29) is 11.8 Å².